The van der Waals surface area contributed by atoms with Crippen molar-refractivity contribution in [2.24, 2.45) is 0 Å². The summed E-state index contributed by atoms with van der Waals surface area (Å²) < 4.78 is 26.2. The summed E-state index contributed by atoms with van der Waals surface area (Å²) in [6, 6.07) is 1.34. The van der Waals surface area contributed by atoms with Gasteiger partial charge in [0.25, 0.3) is 0 Å². The molecule has 10 heteroatoms. The van der Waals surface area contributed by atoms with Gasteiger partial charge in [-0.1, -0.05) is 23.2 Å². The van der Waals surface area contributed by atoms with Gasteiger partial charge >= 0.3 is 0 Å². The Labute approximate surface area is 124 Å². The number of H-pyrrole nitrogens is 1. The van der Waals surface area contributed by atoms with E-state index in [2.05, 4.69) is 15.2 Å². The number of halogens is 2. The molecule has 2 aromatic heterocycles. The first-order valence-corrected chi connectivity index (χ1v) is 8.11. The lowest BCUT2D eigenvalue weighted by Crippen LogP contribution is -2.26. The van der Waals surface area contributed by atoms with Crippen LogP contribution in [0.4, 0.5) is 0 Å². The van der Waals surface area contributed by atoms with Crippen LogP contribution in [-0.2, 0) is 16.6 Å². The van der Waals surface area contributed by atoms with Crippen LogP contribution in [0.15, 0.2) is 11.0 Å². The van der Waals surface area contributed by atoms with Crippen molar-refractivity contribution < 1.29 is 8.42 Å². The molecular formula is C9H10Cl2N4O2S2. The van der Waals surface area contributed by atoms with E-state index < -0.39 is 10.0 Å². The molecule has 19 heavy (non-hydrogen) atoms. The zero-order valence-electron chi connectivity index (χ0n) is 10.0. The van der Waals surface area contributed by atoms with Crippen molar-refractivity contribution in [2.45, 2.75) is 18.4 Å². The first-order valence-electron chi connectivity index (χ1n) is 5.10. The lowest BCUT2D eigenvalue weighted by atomic mass is 10.6. The Hall–Kier alpha value is -0.670. The molecule has 0 aromatic carbocycles. The largest absolute Gasteiger partial charge is 0.263 e. The maximum atomic E-state index is 12.3. The highest BCUT2D eigenvalue weighted by Crippen LogP contribution is 2.35. The fraction of sp³-hybridized carbons (Fsp3) is 0.333. The lowest BCUT2D eigenvalue weighted by molar-refractivity contribution is 0.457. The third-order valence-corrected chi connectivity index (χ3v) is 5.88. The molecule has 0 atom stereocenters. The van der Waals surface area contributed by atoms with Crippen LogP contribution in [0.25, 0.3) is 0 Å². The molecule has 0 spiro atoms. The number of aryl methyl sites for hydroxylation is 1. The highest BCUT2D eigenvalue weighted by Gasteiger charge is 2.26. The molecule has 0 aliphatic carbocycles. The minimum absolute atomic E-state index is 0.000996. The Bertz CT molecular complexity index is 695. The summed E-state index contributed by atoms with van der Waals surface area (Å²) in [5.74, 6) is 1.01. The molecule has 0 saturated carbocycles. The van der Waals surface area contributed by atoms with E-state index in [9.17, 15) is 8.42 Å². The number of nitrogens with zero attached hydrogens (tertiary/aromatic N) is 3. The maximum Gasteiger partial charge on any atom is 0.245 e. The SMILES string of the molecule is Cc1nc(CN(C)S(=O)(=O)c2cc(Cl)sc2Cl)n[nH]1. The Morgan fingerprint density at radius 2 is 2.16 bits per heavy atom. The van der Waals surface area contributed by atoms with E-state index in [1.165, 1.54) is 13.1 Å². The second-order valence-corrected chi connectivity index (χ2v) is 8.09. The van der Waals surface area contributed by atoms with Crippen molar-refractivity contribution in [3.63, 3.8) is 0 Å². The van der Waals surface area contributed by atoms with E-state index in [0.717, 1.165) is 15.6 Å². The van der Waals surface area contributed by atoms with Gasteiger partial charge in [0.05, 0.1) is 10.9 Å². The fourth-order valence-corrected chi connectivity index (χ4v) is 4.65. The van der Waals surface area contributed by atoms with Gasteiger partial charge in [-0.2, -0.15) is 9.40 Å². The van der Waals surface area contributed by atoms with Crippen molar-refractivity contribution in [3.05, 3.63) is 26.4 Å². The predicted molar refractivity (Wildman–Crippen MR) is 74.1 cm³/mol. The van der Waals surface area contributed by atoms with Crippen molar-refractivity contribution in [3.8, 4) is 0 Å². The molecule has 2 heterocycles. The molecular weight excluding hydrogens is 331 g/mol. The standard InChI is InChI=1S/C9H10Cl2N4O2S2/c1-5-12-8(14-13-5)4-15(2)19(16,17)6-3-7(10)18-9(6)11/h3H,4H2,1-2H3,(H,12,13,14). The van der Waals surface area contributed by atoms with Crippen LogP contribution in [0, 0.1) is 6.92 Å². The molecule has 6 nitrogen and oxygen atoms in total. The molecule has 0 unspecified atom stereocenters. The van der Waals surface area contributed by atoms with Crippen LogP contribution in [-0.4, -0.2) is 35.0 Å². The molecule has 0 amide bonds. The van der Waals surface area contributed by atoms with Gasteiger partial charge in [-0.05, 0) is 13.0 Å². The van der Waals surface area contributed by atoms with Gasteiger partial charge in [0.1, 0.15) is 15.1 Å². The number of rotatable bonds is 4. The summed E-state index contributed by atoms with van der Waals surface area (Å²) in [6.45, 7) is 1.79. The molecule has 0 fully saturated rings. The molecule has 0 aliphatic heterocycles. The second kappa shape index (κ2) is 5.37. The third kappa shape index (κ3) is 3.09. The Morgan fingerprint density at radius 3 is 2.63 bits per heavy atom. The van der Waals surface area contributed by atoms with Gasteiger partial charge < -0.3 is 0 Å². The molecule has 2 aromatic rings. The van der Waals surface area contributed by atoms with Crippen LogP contribution in [0.3, 0.4) is 0 Å². The van der Waals surface area contributed by atoms with E-state index in [1.54, 1.807) is 6.92 Å². The maximum absolute atomic E-state index is 12.3. The van der Waals surface area contributed by atoms with Crippen LogP contribution in [0.1, 0.15) is 11.6 Å². The fourth-order valence-electron chi connectivity index (χ4n) is 1.41. The van der Waals surface area contributed by atoms with Crippen molar-refractivity contribution in [1.29, 1.82) is 0 Å². The summed E-state index contributed by atoms with van der Waals surface area (Å²) in [6.07, 6.45) is 0. The lowest BCUT2D eigenvalue weighted by Gasteiger charge is -2.14. The monoisotopic (exact) mass is 340 g/mol. The first-order chi connectivity index (χ1) is 8.80. The summed E-state index contributed by atoms with van der Waals surface area (Å²) in [4.78, 5) is 4.06. The van der Waals surface area contributed by atoms with Gasteiger partial charge in [0.15, 0.2) is 5.82 Å². The first kappa shape index (κ1) is 14.7. The zero-order chi connectivity index (χ0) is 14.2. The summed E-state index contributed by atoms with van der Waals surface area (Å²) >= 11 is 12.6. The minimum atomic E-state index is -3.70. The van der Waals surface area contributed by atoms with Crippen LogP contribution < -0.4 is 0 Å². The Balaban J connectivity index is 2.27. The molecule has 2 rings (SSSR count). The summed E-state index contributed by atoms with van der Waals surface area (Å²) in [5.41, 5.74) is 0. The van der Waals surface area contributed by atoms with Gasteiger partial charge in [-0.3, -0.25) is 5.10 Å². The topological polar surface area (TPSA) is 79.0 Å². The van der Waals surface area contributed by atoms with Gasteiger partial charge in [-0.15, -0.1) is 11.3 Å². The molecule has 0 radical (unpaired) electrons. The average molecular weight is 341 g/mol. The quantitative estimate of drug-likeness (QED) is 0.925. The van der Waals surface area contributed by atoms with E-state index in [1.807, 2.05) is 0 Å². The number of aromatic nitrogens is 3. The third-order valence-electron chi connectivity index (χ3n) is 2.32. The highest BCUT2D eigenvalue weighted by atomic mass is 35.5. The van der Waals surface area contributed by atoms with Crippen LogP contribution in [0.2, 0.25) is 8.67 Å². The van der Waals surface area contributed by atoms with Gasteiger partial charge in [0.2, 0.25) is 10.0 Å². The second-order valence-electron chi connectivity index (χ2n) is 3.79. The number of thiophene rings is 1. The number of aromatic amines is 1. The van der Waals surface area contributed by atoms with Gasteiger partial charge in [-0.25, -0.2) is 13.4 Å². The number of nitrogens with one attached hydrogen (secondary N) is 1. The zero-order valence-corrected chi connectivity index (χ0v) is 13.2. The predicted octanol–water partition coefficient (Wildman–Crippen LogP) is 2.30. The average Bonchev–Trinajstić information content (AvgIpc) is 2.85. The highest BCUT2D eigenvalue weighted by molar-refractivity contribution is 7.89. The van der Waals surface area contributed by atoms with E-state index in [-0.39, 0.29) is 15.8 Å². The number of hydrogen-bond donors (Lipinski definition) is 1. The van der Waals surface area contributed by atoms with Crippen LogP contribution in [0.5, 0.6) is 0 Å². The van der Waals surface area contributed by atoms with Crippen LogP contribution >= 0.6 is 34.5 Å². The smallest absolute Gasteiger partial charge is 0.245 e. The van der Waals surface area contributed by atoms with Crippen molar-refractivity contribution in [1.82, 2.24) is 19.5 Å². The van der Waals surface area contributed by atoms with Crippen molar-refractivity contribution in [2.75, 3.05) is 7.05 Å². The number of sulfonamides is 1. The van der Waals surface area contributed by atoms with E-state index >= 15 is 0 Å². The molecule has 1 N–H and O–H groups in total. The Kier molecular flexibility index (Phi) is 4.17. The normalized spacial score (nSPS) is 12.3. The Morgan fingerprint density at radius 1 is 1.47 bits per heavy atom. The van der Waals surface area contributed by atoms with E-state index in [0.29, 0.717) is 16.0 Å². The minimum Gasteiger partial charge on any atom is -0.263 e. The number of hydrogen-bond acceptors (Lipinski definition) is 5. The van der Waals surface area contributed by atoms with Gasteiger partial charge in [0, 0.05) is 7.05 Å². The molecule has 0 aliphatic rings. The molecule has 0 saturated heterocycles. The summed E-state index contributed by atoms with van der Waals surface area (Å²) in [7, 11) is -2.27. The van der Waals surface area contributed by atoms with E-state index in [4.69, 9.17) is 23.2 Å². The summed E-state index contributed by atoms with van der Waals surface area (Å²) in [5, 5.41) is 6.54. The molecule has 0 bridgehead atoms. The van der Waals surface area contributed by atoms with Crippen molar-refractivity contribution >= 4 is 44.6 Å². The molecule has 104 valence electrons.